The van der Waals surface area contributed by atoms with Gasteiger partial charge in [-0.15, -0.1) is 0 Å². The molecule has 1 N–H and O–H groups in total. The molecule has 0 saturated carbocycles. The van der Waals surface area contributed by atoms with Crippen LogP contribution in [-0.2, 0) is 0 Å². The van der Waals surface area contributed by atoms with Crippen LogP contribution in [0, 0.1) is 0 Å². The molecule has 0 aliphatic carbocycles. The second-order valence-electron chi connectivity index (χ2n) is 5.31. The summed E-state index contributed by atoms with van der Waals surface area (Å²) in [6, 6.07) is 6.97. The van der Waals surface area contributed by atoms with E-state index in [0.29, 0.717) is 11.5 Å². The second kappa shape index (κ2) is 5.42. The van der Waals surface area contributed by atoms with Crippen molar-refractivity contribution in [1.29, 1.82) is 0 Å². The van der Waals surface area contributed by atoms with Gasteiger partial charge in [-0.1, -0.05) is 6.07 Å². The van der Waals surface area contributed by atoms with Crippen LogP contribution in [-0.4, -0.2) is 49.9 Å². The van der Waals surface area contributed by atoms with Gasteiger partial charge in [0.1, 0.15) is 5.69 Å². The molecule has 2 aromatic heterocycles. The van der Waals surface area contributed by atoms with Crippen molar-refractivity contribution in [3.63, 3.8) is 0 Å². The molecule has 0 aromatic carbocycles. The number of hydrogen-bond acceptors (Lipinski definition) is 4. The maximum absolute atomic E-state index is 12.3. The normalized spacial score (nSPS) is 11.4. The summed E-state index contributed by atoms with van der Waals surface area (Å²) in [5.74, 6) is 0.346. The molecule has 106 valence electrons. The highest BCUT2D eigenvalue weighted by Crippen LogP contribution is 2.09. The summed E-state index contributed by atoms with van der Waals surface area (Å²) in [7, 11) is 1.64. The summed E-state index contributed by atoms with van der Waals surface area (Å²) in [5, 5.41) is 13.8. The Morgan fingerprint density at radius 1 is 1.40 bits per heavy atom. The van der Waals surface area contributed by atoms with E-state index in [1.807, 2.05) is 0 Å². The molecule has 6 heteroatoms. The number of amides is 1. The van der Waals surface area contributed by atoms with E-state index in [4.69, 9.17) is 0 Å². The number of rotatable bonds is 4. The minimum Gasteiger partial charge on any atom is -0.389 e. The van der Waals surface area contributed by atoms with Crippen molar-refractivity contribution in [1.82, 2.24) is 19.7 Å². The first-order chi connectivity index (χ1) is 9.37. The lowest BCUT2D eigenvalue weighted by atomic mass is 10.1. The lowest BCUT2D eigenvalue weighted by molar-refractivity contribution is 0.0365. The molecule has 2 rings (SSSR count). The molecular formula is C14H18N4O2. The summed E-state index contributed by atoms with van der Waals surface area (Å²) < 4.78 is 1.59. The van der Waals surface area contributed by atoms with E-state index >= 15 is 0 Å². The molecule has 20 heavy (non-hydrogen) atoms. The molecule has 0 bridgehead atoms. The first-order valence-corrected chi connectivity index (χ1v) is 6.32. The van der Waals surface area contributed by atoms with Gasteiger partial charge in [-0.25, -0.2) is 9.67 Å². The quantitative estimate of drug-likeness (QED) is 0.906. The van der Waals surface area contributed by atoms with E-state index in [0.717, 1.165) is 0 Å². The van der Waals surface area contributed by atoms with E-state index in [9.17, 15) is 9.90 Å². The van der Waals surface area contributed by atoms with Crippen LogP contribution in [0.5, 0.6) is 0 Å². The summed E-state index contributed by atoms with van der Waals surface area (Å²) in [5.41, 5.74) is -0.617. The number of aliphatic hydroxyl groups is 1. The van der Waals surface area contributed by atoms with Gasteiger partial charge in [0.2, 0.25) is 0 Å². The van der Waals surface area contributed by atoms with E-state index in [1.54, 1.807) is 62.2 Å². The Morgan fingerprint density at radius 3 is 2.75 bits per heavy atom. The molecular weight excluding hydrogens is 256 g/mol. The summed E-state index contributed by atoms with van der Waals surface area (Å²) >= 11 is 0. The largest absolute Gasteiger partial charge is 0.389 e. The third-order valence-electron chi connectivity index (χ3n) is 2.66. The fraction of sp³-hybridized carbons (Fsp3) is 0.357. The van der Waals surface area contributed by atoms with E-state index in [1.165, 1.54) is 4.90 Å². The van der Waals surface area contributed by atoms with Gasteiger partial charge in [0.15, 0.2) is 5.82 Å². The molecule has 2 heterocycles. The van der Waals surface area contributed by atoms with Gasteiger partial charge in [-0.05, 0) is 32.0 Å². The molecule has 2 aromatic rings. The Kier molecular flexibility index (Phi) is 3.85. The third kappa shape index (κ3) is 3.42. The number of pyridine rings is 1. The summed E-state index contributed by atoms with van der Waals surface area (Å²) in [6.45, 7) is 3.55. The van der Waals surface area contributed by atoms with Crippen LogP contribution in [0.3, 0.4) is 0 Å². The molecule has 0 fully saturated rings. The van der Waals surface area contributed by atoms with Crippen LogP contribution in [0.15, 0.2) is 36.7 Å². The predicted octanol–water partition coefficient (Wildman–Crippen LogP) is 1.11. The van der Waals surface area contributed by atoms with Crippen molar-refractivity contribution < 1.29 is 9.90 Å². The van der Waals surface area contributed by atoms with Gasteiger partial charge in [-0.3, -0.25) is 4.79 Å². The fourth-order valence-corrected chi connectivity index (χ4v) is 1.92. The predicted molar refractivity (Wildman–Crippen MR) is 74.6 cm³/mol. The molecule has 0 saturated heterocycles. The van der Waals surface area contributed by atoms with Crippen LogP contribution in [0.1, 0.15) is 24.3 Å². The molecule has 6 nitrogen and oxygen atoms in total. The summed E-state index contributed by atoms with van der Waals surface area (Å²) in [6.07, 6.45) is 3.41. The van der Waals surface area contributed by atoms with Gasteiger partial charge in [0, 0.05) is 26.0 Å². The topological polar surface area (TPSA) is 71.2 Å². The number of likely N-dealkylation sites (N-methyl/N-ethyl adjacent to an activating group) is 1. The number of hydrogen-bond donors (Lipinski definition) is 1. The SMILES string of the molecule is CN(CC(C)(C)O)C(=O)c1cccc(-n2cccn2)n1. The fourth-order valence-electron chi connectivity index (χ4n) is 1.92. The van der Waals surface area contributed by atoms with E-state index in [2.05, 4.69) is 10.1 Å². The Balaban J connectivity index is 2.21. The highest BCUT2D eigenvalue weighted by atomic mass is 16.3. The van der Waals surface area contributed by atoms with Crippen molar-refractivity contribution in [2.75, 3.05) is 13.6 Å². The van der Waals surface area contributed by atoms with Gasteiger partial charge < -0.3 is 10.0 Å². The van der Waals surface area contributed by atoms with Crippen molar-refractivity contribution in [3.05, 3.63) is 42.4 Å². The molecule has 0 aliphatic heterocycles. The van der Waals surface area contributed by atoms with Crippen LogP contribution < -0.4 is 0 Å². The van der Waals surface area contributed by atoms with Crippen molar-refractivity contribution >= 4 is 5.91 Å². The monoisotopic (exact) mass is 274 g/mol. The Labute approximate surface area is 117 Å². The van der Waals surface area contributed by atoms with Gasteiger partial charge in [0.05, 0.1) is 5.60 Å². The maximum Gasteiger partial charge on any atom is 0.272 e. The van der Waals surface area contributed by atoms with Gasteiger partial charge in [-0.2, -0.15) is 5.10 Å². The molecule has 0 aliphatic rings. The van der Waals surface area contributed by atoms with Crippen LogP contribution in [0.4, 0.5) is 0 Å². The van der Waals surface area contributed by atoms with E-state index in [-0.39, 0.29) is 12.5 Å². The average Bonchev–Trinajstić information content (AvgIpc) is 2.90. The zero-order valence-electron chi connectivity index (χ0n) is 11.8. The average molecular weight is 274 g/mol. The first-order valence-electron chi connectivity index (χ1n) is 6.32. The van der Waals surface area contributed by atoms with Crippen LogP contribution in [0.2, 0.25) is 0 Å². The van der Waals surface area contributed by atoms with Crippen molar-refractivity contribution in [2.24, 2.45) is 0 Å². The van der Waals surface area contributed by atoms with Gasteiger partial charge >= 0.3 is 0 Å². The Bertz CT molecular complexity index is 587. The molecule has 0 unspecified atom stereocenters. The lowest BCUT2D eigenvalue weighted by Gasteiger charge is -2.25. The zero-order chi connectivity index (χ0) is 14.8. The Morgan fingerprint density at radius 2 is 2.15 bits per heavy atom. The highest BCUT2D eigenvalue weighted by Gasteiger charge is 2.21. The minimum atomic E-state index is -0.940. The highest BCUT2D eigenvalue weighted by molar-refractivity contribution is 5.92. The second-order valence-corrected chi connectivity index (χ2v) is 5.31. The number of carbonyl (C=O) groups is 1. The van der Waals surface area contributed by atoms with E-state index < -0.39 is 5.60 Å². The standard InChI is InChI=1S/C14H18N4O2/c1-14(2,20)10-17(3)13(19)11-6-4-7-12(16-11)18-9-5-8-15-18/h4-9,20H,10H2,1-3H3. The molecule has 0 radical (unpaired) electrons. The smallest absolute Gasteiger partial charge is 0.272 e. The van der Waals surface area contributed by atoms with Crippen molar-refractivity contribution in [2.45, 2.75) is 19.4 Å². The molecule has 0 spiro atoms. The third-order valence-corrected chi connectivity index (χ3v) is 2.66. The van der Waals surface area contributed by atoms with Crippen LogP contribution in [0.25, 0.3) is 5.82 Å². The number of carbonyl (C=O) groups excluding carboxylic acids is 1. The molecule has 1 amide bonds. The first kappa shape index (κ1) is 14.2. The minimum absolute atomic E-state index is 0.235. The number of aromatic nitrogens is 3. The summed E-state index contributed by atoms with van der Waals surface area (Å²) in [4.78, 5) is 18.0. The Hall–Kier alpha value is -2.21. The van der Waals surface area contributed by atoms with Crippen molar-refractivity contribution in [3.8, 4) is 5.82 Å². The van der Waals surface area contributed by atoms with Crippen LogP contribution >= 0.6 is 0 Å². The zero-order valence-corrected chi connectivity index (χ0v) is 11.8. The maximum atomic E-state index is 12.3. The molecule has 0 atom stereocenters. The lowest BCUT2D eigenvalue weighted by Crippen LogP contribution is -2.40. The van der Waals surface area contributed by atoms with Gasteiger partial charge in [0.25, 0.3) is 5.91 Å². The number of nitrogens with zero attached hydrogens (tertiary/aromatic N) is 4.